The molecule has 5 heteroatoms. The Hall–Kier alpha value is -1.07. The van der Waals surface area contributed by atoms with E-state index in [1.807, 2.05) is 13.8 Å². The molecule has 0 fully saturated rings. The van der Waals surface area contributed by atoms with Crippen LogP contribution in [0.15, 0.2) is 10.7 Å². The molecule has 1 heterocycles. The first kappa shape index (κ1) is 14.0. The van der Waals surface area contributed by atoms with Gasteiger partial charge in [0.2, 0.25) is 0 Å². The first-order chi connectivity index (χ1) is 8.11. The van der Waals surface area contributed by atoms with Crippen molar-refractivity contribution in [3.63, 3.8) is 0 Å². The molecule has 1 rings (SSSR count). The predicted molar refractivity (Wildman–Crippen MR) is 65.1 cm³/mol. The van der Waals surface area contributed by atoms with E-state index in [-0.39, 0.29) is 6.10 Å². The molecule has 17 heavy (non-hydrogen) atoms. The Morgan fingerprint density at radius 3 is 2.82 bits per heavy atom. The van der Waals surface area contributed by atoms with Gasteiger partial charge in [-0.2, -0.15) is 4.98 Å². The van der Waals surface area contributed by atoms with Crippen LogP contribution in [0.25, 0.3) is 0 Å². The second-order valence-electron chi connectivity index (χ2n) is 4.23. The summed E-state index contributed by atoms with van der Waals surface area (Å²) in [4.78, 5) is 4.22. The molecule has 0 aliphatic rings. The molecule has 0 amide bonds. The third-order valence-electron chi connectivity index (χ3n) is 2.08. The van der Waals surface area contributed by atoms with Crippen molar-refractivity contribution in [3.8, 4) is 6.08 Å². The minimum absolute atomic E-state index is 0.0560. The van der Waals surface area contributed by atoms with E-state index < -0.39 is 0 Å². The van der Waals surface area contributed by atoms with E-state index in [2.05, 4.69) is 24.1 Å². The minimum Gasteiger partial charge on any atom is -0.445 e. The van der Waals surface area contributed by atoms with Gasteiger partial charge in [-0.3, -0.25) is 0 Å². The van der Waals surface area contributed by atoms with Crippen LogP contribution in [0.4, 0.5) is 0 Å². The fourth-order valence-electron chi connectivity index (χ4n) is 1.22. The van der Waals surface area contributed by atoms with Crippen LogP contribution in [-0.2, 0) is 11.3 Å². The van der Waals surface area contributed by atoms with Crippen molar-refractivity contribution in [1.29, 1.82) is 0 Å². The Labute approximate surface area is 103 Å². The van der Waals surface area contributed by atoms with Gasteiger partial charge in [0.1, 0.15) is 12.4 Å². The van der Waals surface area contributed by atoms with Gasteiger partial charge in [0.05, 0.1) is 12.3 Å². The summed E-state index contributed by atoms with van der Waals surface area (Å²) in [5, 5.41) is 3.26. The number of aromatic nitrogens is 1. The summed E-state index contributed by atoms with van der Waals surface area (Å²) in [6, 6.07) is 0.424. The summed E-state index contributed by atoms with van der Waals surface area (Å²) in [6.45, 7) is 9.95. The lowest BCUT2D eigenvalue weighted by atomic mass is 10.4. The van der Waals surface area contributed by atoms with Crippen molar-refractivity contribution in [1.82, 2.24) is 10.3 Å². The molecule has 0 saturated carbocycles. The summed E-state index contributed by atoms with van der Waals surface area (Å²) in [6.07, 6.45) is 1.86. The van der Waals surface area contributed by atoms with Crippen LogP contribution >= 0.6 is 0 Å². The molecule has 98 valence electrons. The summed E-state index contributed by atoms with van der Waals surface area (Å²) < 4.78 is 15.9. The Morgan fingerprint density at radius 1 is 1.41 bits per heavy atom. The molecule has 1 aromatic heterocycles. The number of rotatable bonds is 8. The quantitative estimate of drug-likeness (QED) is 0.755. The SMILES string of the molecule is CCOCC(C)Oc1nc(CNC(C)C)co1. The molecule has 5 nitrogen and oxygen atoms in total. The molecule has 0 radical (unpaired) electrons. The minimum atomic E-state index is -0.0560. The van der Waals surface area contributed by atoms with Crippen molar-refractivity contribution < 1.29 is 13.9 Å². The van der Waals surface area contributed by atoms with Crippen LogP contribution < -0.4 is 10.1 Å². The highest BCUT2D eigenvalue weighted by Gasteiger charge is 2.10. The molecule has 1 unspecified atom stereocenters. The molecular weight excluding hydrogens is 220 g/mol. The van der Waals surface area contributed by atoms with Gasteiger partial charge in [0.25, 0.3) is 0 Å². The number of hydrogen-bond acceptors (Lipinski definition) is 5. The fraction of sp³-hybridized carbons (Fsp3) is 0.750. The molecule has 0 aliphatic heterocycles. The van der Waals surface area contributed by atoms with Crippen molar-refractivity contribution >= 4 is 0 Å². The van der Waals surface area contributed by atoms with E-state index >= 15 is 0 Å². The zero-order valence-electron chi connectivity index (χ0n) is 11.0. The van der Waals surface area contributed by atoms with Gasteiger partial charge in [-0.25, -0.2) is 0 Å². The second kappa shape index (κ2) is 7.29. The van der Waals surface area contributed by atoms with Gasteiger partial charge >= 0.3 is 6.08 Å². The normalized spacial score (nSPS) is 13.0. The lowest BCUT2D eigenvalue weighted by Crippen LogP contribution is -2.22. The molecule has 0 bridgehead atoms. The number of nitrogens with one attached hydrogen (secondary N) is 1. The molecule has 0 saturated heterocycles. The summed E-state index contributed by atoms with van der Waals surface area (Å²) in [7, 11) is 0. The monoisotopic (exact) mass is 242 g/mol. The van der Waals surface area contributed by atoms with E-state index in [4.69, 9.17) is 13.9 Å². The zero-order chi connectivity index (χ0) is 12.7. The van der Waals surface area contributed by atoms with E-state index in [9.17, 15) is 0 Å². The maximum atomic E-state index is 5.47. The molecule has 1 aromatic rings. The topological polar surface area (TPSA) is 56.5 Å². The number of ether oxygens (including phenoxy) is 2. The molecule has 0 aromatic carbocycles. The fourth-order valence-corrected chi connectivity index (χ4v) is 1.22. The van der Waals surface area contributed by atoms with Gasteiger partial charge < -0.3 is 19.2 Å². The largest absolute Gasteiger partial charge is 0.445 e. The van der Waals surface area contributed by atoms with Crippen LogP contribution in [0.3, 0.4) is 0 Å². The lowest BCUT2D eigenvalue weighted by molar-refractivity contribution is 0.0494. The summed E-state index contributed by atoms with van der Waals surface area (Å²) in [5.41, 5.74) is 0.845. The molecule has 0 spiro atoms. The predicted octanol–water partition coefficient (Wildman–Crippen LogP) is 1.98. The summed E-state index contributed by atoms with van der Waals surface area (Å²) in [5.74, 6) is 0. The smallest absolute Gasteiger partial charge is 0.394 e. The number of hydrogen-bond donors (Lipinski definition) is 1. The first-order valence-electron chi connectivity index (χ1n) is 6.04. The molecule has 1 N–H and O–H groups in total. The van der Waals surface area contributed by atoms with E-state index in [1.165, 1.54) is 0 Å². The summed E-state index contributed by atoms with van der Waals surface area (Å²) >= 11 is 0. The van der Waals surface area contributed by atoms with E-state index in [0.29, 0.717) is 31.9 Å². The van der Waals surface area contributed by atoms with Crippen LogP contribution in [0.1, 0.15) is 33.4 Å². The van der Waals surface area contributed by atoms with Gasteiger partial charge in [0, 0.05) is 19.2 Å². The average Bonchev–Trinajstić information content (AvgIpc) is 2.71. The first-order valence-corrected chi connectivity index (χ1v) is 6.04. The second-order valence-corrected chi connectivity index (χ2v) is 4.23. The van der Waals surface area contributed by atoms with Crippen LogP contribution in [0.5, 0.6) is 6.08 Å². The Bertz CT molecular complexity index is 312. The van der Waals surface area contributed by atoms with Crippen LogP contribution in [0.2, 0.25) is 0 Å². The van der Waals surface area contributed by atoms with Gasteiger partial charge in [-0.1, -0.05) is 13.8 Å². The maximum Gasteiger partial charge on any atom is 0.394 e. The van der Waals surface area contributed by atoms with Crippen molar-refractivity contribution in [2.45, 2.75) is 46.4 Å². The highest BCUT2D eigenvalue weighted by atomic mass is 16.6. The Morgan fingerprint density at radius 2 is 2.18 bits per heavy atom. The highest BCUT2D eigenvalue weighted by molar-refractivity contribution is 4.99. The van der Waals surface area contributed by atoms with Crippen LogP contribution in [-0.4, -0.2) is 30.3 Å². The number of oxazole rings is 1. The van der Waals surface area contributed by atoms with Gasteiger partial charge in [-0.15, -0.1) is 0 Å². The van der Waals surface area contributed by atoms with Crippen LogP contribution in [0, 0.1) is 0 Å². The molecular formula is C12H22N2O3. The van der Waals surface area contributed by atoms with E-state index in [0.717, 1.165) is 5.69 Å². The third kappa shape index (κ3) is 5.70. The van der Waals surface area contributed by atoms with Crippen molar-refractivity contribution in [2.24, 2.45) is 0 Å². The van der Waals surface area contributed by atoms with E-state index in [1.54, 1.807) is 6.26 Å². The molecule has 1 atom stereocenters. The molecule has 0 aliphatic carbocycles. The average molecular weight is 242 g/mol. The number of nitrogens with zero attached hydrogens (tertiary/aromatic N) is 1. The van der Waals surface area contributed by atoms with Gasteiger partial charge in [0.15, 0.2) is 0 Å². The third-order valence-corrected chi connectivity index (χ3v) is 2.08. The zero-order valence-corrected chi connectivity index (χ0v) is 11.0. The standard InChI is InChI=1S/C12H22N2O3/c1-5-15-7-10(4)17-12-14-11(8-16-12)6-13-9(2)3/h8-10,13H,5-7H2,1-4H3. The van der Waals surface area contributed by atoms with Crippen molar-refractivity contribution in [2.75, 3.05) is 13.2 Å². The van der Waals surface area contributed by atoms with Gasteiger partial charge in [-0.05, 0) is 13.8 Å². The maximum absolute atomic E-state index is 5.47. The Balaban J connectivity index is 2.34. The van der Waals surface area contributed by atoms with Crippen molar-refractivity contribution in [3.05, 3.63) is 12.0 Å². The lowest BCUT2D eigenvalue weighted by Gasteiger charge is -2.10. The Kier molecular flexibility index (Phi) is 6.00. The highest BCUT2D eigenvalue weighted by Crippen LogP contribution is 2.12.